The minimum Gasteiger partial charge on any atom is -0.494 e. The number of alkyl halides is 3. The number of ether oxygens (including phenoxy) is 2. The van der Waals surface area contributed by atoms with Crippen LogP contribution in [0.2, 0.25) is 0 Å². The van der Waals surface area contributed by atoms with E-state index in [2.05, 4.69) is 22.4 Å². The molecule has 4 heterocycles. The second-order valence-corrected chi connectivity index (χ2v) is 9.26. The van der Waals surface area contributed by atoms with E-state index < -0.39 is 6.68 Å². The molecule has 6 bridgehead atoms. The van der Waals surface area contributed by atoms with Crippen LogP contribution >= 0.6 is 0 Å². The SMILES string of the molecule is CC.CCOc1ccc2cc1CN1C(=O)C[C@@H](CCCc3ccc4c(c3)C(CCO4)NC2=O)N=C1N.FC(F)F. The molecular formula is C29H37F3N4O4. The van der Waals surface area contributed by atoms with Crippen molar-refractivity contribution in [3.63, 3.8) is 0 Å². The largest absolute Gasteiger partial charge is 0.494 e. The molecule has 0 saturated carbocycles. The summed E-state index contributed by atoms with van der Waals surface area (Å²) in [4.78, 5) is 32.3. The standard InChI is InChI=1S/C26H30N4O4.C2H6.CHF3/c1-2-33-22-9-7-17-13-18(22)15-30-24(31)14-19(28-26(30)27)5-3-4-16-6-8-23-20(12-16)21(10-11-34-23)29-25(17)32;1-2;2-1(3)4/h6-9,12-13,19,21H,2-5,10-11,14-15H2,1H3,(H2,27,28)(H,29,32);1-2H3;1H/t19-,21?;;/m1../s1. The van der Waals surface area contributed by atoms with E-state index in [-0.39, 0.29) is 36.4 Å². The molecule has 11 heteroatoms. The molecule has 3 N–H and O–H groups in total. The molecule has 6 rings (SSSR count). The van der Waals surface area contributed by atoms with Gasteiger partial charge in [-0.25, -0.2) is 4.99 Å². The number of carbonyl (C=O) groups is 2. The third-order valence-electron chi connectivity index (χ3n) is 6.68. The molecular weight excluding hydrogens is 525 g/mol. The van der Waals surface area contributed by atoms with Crippen molar-refractivity contribution in [1.29, 1.82) is 0 Å². The van der Waals surface area contributed by atoms with Crippen molar-refractivity contribution < 1.29 is 32.2 Å². The third kappa shape index (κ3) is 7.89. The first kappa shape index (κ1) is 30.8. The molecule has 2 atom stereocenters. The lowest BCUT2D eigenvalue weighted by molar-refractivity contribution is -0.128. The summed E-state index contributed by atoms with van der Waals surface area (Å²) in [6.07, 6.45) is 3.57. The Bertz CT molecular complexity index is 1210. The number of amides is 2. The van der Waals surface area contributed by atoms with Gasteiger partial charge in [-0.3, -0.25) is 14.5 Å². The number of rotatable bonds is 2. The van der Waals surface area contributed by atoms with Crippen molar-refractivity contribution in [1.82, 2.24) is 10.2 Å². The van der Waals surface area contributed by atoms with E-state index in [4.69, 9.17) is 15.2 Å². The van der Waals surface area contributed by atoms with Gasteiger partial charge >= 0.3 is 6.68 Å². The predicted molar refractivity (Wildman–Crippen MR) is 146 cm³/mol. The van der Waals surface area contributed by atoms with Crippen LogP contribution in [-0.2, 0) is 17.8 Å². The molecule has 0 radical (unpaired) electrons. The van der Waals surface area contributed by atoms with Gasteiger partial charge < -0.3 is 20.5 Å². The molecule has 40 heavy (non-hydrogen) atoms. The number of aryl methyl sites for hydroxylation is 1. The van der Waals surface area contributed by atoms with Crippen molar-refractivity contribution in [2.45, 2.75) is 78.2 Å². The molecule has 218 valence electrons. The van der Waals surface area contributed by atoms with Gasteiger partial charge in [-0.05, 0) is 56.0 Å². The molecule has 2 aromatic rings. The van der Waals surface area contributed by atoms with Crippen molar-refractivity contribution >= 4 is 17.8 Å². The molecule has 8 nitrogen and oxygen atoms in total. The molecule has 0 aromatic heterocycles. The highest BCUT2D eigenvalue weighted by molar-refractivity contribution is 5.99. The normalized spacial score (nSPS) is 20.1. The Kier molecular flexibility index (Phi) is 11.2. The van der Waals surface area contributed by atoms with Crippen LogP contribution in [0.5, 0.6) is 11.5 Å². The number of fused-ring (bicyclic) bond motifs is 4. The highest BCUT2D eigenvalue weighted by Crippen LogP contribution is 2.34. The Balaban J connectivity index is 0.000000677. The molecule has 0 spiro atoms. The van der Waals surface area contributed by atoms with E-state index in [9.17, 15) is 22.8 Å². The molecule has 0 aliphatic carbocycles. The zero-order chi connectivity index (χ0) is 29.2. The fraction of sp³-hybridized carbons (Fsp3) is 0.483. The quantitative estimate of drug-likeness (QED) is 0.517. The number of guanidine groups is 1. The number of nitrogens with two attached hydrogens (primary N) is 1. The first-order valence-corrected chi connectivity index (χ1v) is 13.6. The summed E-state index contributed by atoms with van der Waals surface area (Å²) in [7, 11) is 0. The lowest BCUT2D eigenvalue weighted by Crippen LogP contribution is -2.46. The number of benzene rings is 2. The van der Waals surface area contributed by atoms with E-state index in [0.717, 1.165) is 36.1 Å². The Morgan fingerprint density at radius 2 is 1.90 bits per heavy atom. The van der Waals surface area contributed by atoms with Gasteiger partial charge in [0.1, 0.15) is 11.5 Å². The van der Waals surface area contributed by atoms with E-state index in [1.54, 1.807) is 18.2 Å². The summed E-state index contributed by atoms with van der Waals surface area (Å²) in [6.45, 7) is 3.47. The minimum absolute atomic E-state index is 0.0612. The number of hydrogen-bond acceptors (Lipinski definition) is 6. The highest BCUT2D eigenvalue weighted by Gasteiger charge is 2.29. The summed E-state index contributed by atoms with van der Waals surface area (Å²) in [5.74, 6) is 1.43. The van der Waals surface area contributed by atoms with E-state index in [0.29, 0.717) is 37.4 Å². The summed E-state index contributed by atoms with van der Waals surface area (Å²) >= 11 is 0. The van der Waals surface area contributed by atoms with Crippen LogP contribution in [0.25, 0.3) is 0 Å². The van der Waals surface area contributed by atoms with Gasteiger partial charge in [-0.15, -0.1) is 0 Å². The van der Waals surface area contributed by atoms with Crippen molar-refractivity contribution in [3.05, 3.63) is 58.7 Å². The van der Waals surface area contributed by atoms with Gasteiger partial charge in [0.25, 0.3) is 5.91 Å². The second kappa shape index (κ2) is 14.6. The van der Waals surface area contributed by atoms with Crippen molar-refractivity contribution in [2.75, 3.05) is 13.2 Å². The Morgan fingerprint density at radius 3 is 2.60 bits per heavy atom. The van der Waals surface area contributed by atoms with E-state index in [1.165, 1.54) is 10.5 Å². The van der Waals surface area contributed by atoms with Gasteiger partial charge in [0.2, 0.25) is 5.91 Å². The van der Waals surface area contributed by atoms with Crippen LogP contribution in [0.15, 0.2) is 41.4 Å². The summed E-state index contributed by atoms with van der Waals surface area (Å²) in [5.41, 5.74) is 9.64. The highest BCUT2D eigenvalue weighted by atomic mass is 19.4. The Hall–Kier alpha value is -3.76. The van der Waals surface area contributed by atoms with Crippen LogP contribution in [-0.4, -0.2) is 48.6 Å². The van der Waals surface area contributed by atoms with Crippen LogP contribution in [0.4, 0.5) is 13.2 Å². The maximum atomic E-state index is 13.3. The van der Waals surface area contributed by atoms with Crippen molar-refractivity contribution in [3.8, 4) is 11.5 Å². The molecule has 0 fully saturated rings. The van der Waals surface area contributed by atoms with Gasteiger partial charge in [0, 0.05) is 29.5 Å². The van der Waals surface area contributed by atoms with Crippen molar-refractivity contribution in [2.24, 2.45) is 10.7 Å². The van der Waals surface area contributed by atoms with Crippen LogP contribution in [0.3, 0.4) is 0 Å². The topological polar surface area (TPSA) is 106 Å². The van der Waals surface area contributed by atoms with Gasteiger partial charge in [0.15, 0.2) is 5.96 Å². The van der Waals surface area contributed by atoms with Gasteiger partial charge in [-0.1, -0.05) is 26.0 Å². The monoisotopic (exact) mass is 562 g/mol. The minimum atomic E-state index is -3.67. The first-order chi connectivity index (χ1) is 19.2. The molecule has 4 aliphatic heterocycles. The molecule has 1 unspecified atom stereocenters. The molecule has 0 saturated heterocycles. The zero-order valence-corrected chi connectivity index (χ0v) is 23.1. The number of hydrogen-bond donors (Lipinski definition) is 2. The number of aliphatic imine (C=N–C) groups is 1. The summed E-state index contributed by atoms with van der Waals surface area (Å²) in [6, 6.07) is 11.3. The first-order valence-electron chi connectivity index (χ1n) is 13.6. The molecule has 2 amide bonds. The van der Waals surface area contributed by atoms with Gasteiger partial charge in [-0.2, -0.15) is 13.2 Å². The smallest absolute Gasteiger partial charge is 0.379 e. The Morgan fingerprint density at radius 1 is 1.15 bits per heavy atom. The van der Waals surface area contributed by atoms with Crippen LogP contribution in [0.1, 0.15) is 79.5 Å². The van der Waals surface area contributed by atoms with Gasteiger partial charge in [0.05, 0.1) is 31.8 Å². The van der Waals surface area contributed by atoms with Crippen LogP contribution < -0.4 is 20.5 Å². The van der Waals surface area contributed by atoms with Crippen LogP contribution in [0, 0.1) is 0 Å². The number of nitrogens with zero attached hydrogens (tertiary/aromatic N) is 2. The number of carbonyl (C=O) groups excluding carboxylic acids is 2. The molecule has 2 aromatic carbocycles. The second-order valence-electron chi connectivity index (χ2n) is 9.26. The maximum absolute atomic E-state index is 13.3. The molecule has 4 aliphatic rings. The lowest BCUT2D eigenvalue weighted by Gasteiger charge is -2.29. The average molecular weight is 563 g/mol. The number of halogens is 3. The zero-order valence-electron chi connectivity index (χ0n) is 23.1. The fourth-order valence-corrected chi connectivity index (χ4v) is 4.92. The average Bonchev–Trinajstić information content (AvgIpc) is 2.92. The predicted octanol–water partition coefficient (Wildman–Crippen LogP) is 5.30. The van der Waals surface area contributed by atoms with E-state index >= 15 is 0 Å². The fourth-order valence-electron chi connectivity index (χ4n) is 4.92. The lowest BCUT2D eigenvalue weighted by atomic mass is 9.95. The van der Waals surface area contributed by atoms with E-state index in [1.807, 2.05) is 26.8 Å². The summed E-state index contributed by atoms with van der Waals surface area (Å²) < 4.78 is 40.6. The summed E-state index contributed by atoms with van der Waals surface area (Å²) in [5, 5.41) is 3.18. The third-order valence-corrected chi connectivity index (χ3v) is 6.68. The maximum Gasteiger partial charge on any atom is 0.379 e. The number of nitrogens with one attached hydrogen (secondary N) is 1. The Labute approximate surface area is 232 Å².